The average Bonchev–Trinajstić information content (AvgIpc) is 2.58. The van der Waals surface area contributed by atoms with Crippen LogP contribution >= 0.6 is 0 Å². The van der Waals surface area contributed by atoms with E-state index in [4.69, 9.17) is 4.74 Å². The molecule has 6 nitrogen and oxygen atoms in total. The highest BCUT2D eigenvalue weighted by Crippen LogP contribution is 2.37. The lowest BCUT2D eigenvalue weighted by molar-refractivity contribution is -0.140. The number of carbonyl (C=O) groups excluding carboxylic acids is 2. The quantitative estimate of drug-likeness (QED) is 0.489. The number of methoxy groups -OCH3 is 2. The van der Waals surface area contributed by atoms with Crippen molar-refractivity contribution in [1.82, 2.24) is 0 Å². The lowest BCUT2D eigenvalue weighted by atomic mass is 9.73. The number of ketones is 1. The summed E-state index contributed by atoms with van der Waals surface area (Å²) in [6.07, 6.45) is 0.926. The van der Waals surface area contributed by atoms with E-state index in [0.717, 1.165) is 0 Å². The van der Waals surface area contributed by atoms with Crippen molar-refractivity contribution in [1.29, 1.82) is 0 Å². The predicted molar refractivity (Wildman–Crippen MR) is 99.0 cm³/mol. The van der Waals surface area contributed by atoms with E-state index in [1.54, 1.807) is 13.2 Å². The third kappa shape index (κ3) is 4.94. The molecular formula is C20H25NO5. The number of aliphatic imine (C=N–C) groups is 1. The summed E-state index contributed by atoms with van der Waals surface area (Å²) in [4.78, 5) is 28.6. The Bertz CT molecular complexity index is 761. The second-order valence-electron chi connectivity index (χ2n) is 7.10. The van der Waals surface area contributed by atoms with Crippen molar-refractivity contribution in [2.75, 3.05) is 14.2 Å². The molecule has 0 amide bonds. The molecular weight excluding hydrogens is 334 g/mol. The standard InChI is InChI=1S/C20H25NO5/c1-20(2)11-15(21-13-6-5-7-14(10-13)25-3)19(17(23)12-20)16(22)8-9-18(24)26-4/h5-7,10,22H,8-9,11-12H2,1-4H3. The maximum atomic E-state index is 12.6. The van der Waals surface area contributed by atoms with Crippen LogP contribution in [0.1, 0.15) is 39.5 Å². The summed E-state index contributed by atoms with van der Waals surface area (Å²) in [5.74, 6) is -0.0523. The molecule has 0 aromatic heterocycles. The van der Waals surface area contributed by atoms with Gasteiger partial charge in [-0.1, -0.05) is 19.9 Å². The molecule has 1 fully saturated rings. The molecule has 140 valence electrons. The Kier molecular flexibility index (Phi) is 6.18. The number of ether oxygens (including phenoxy) is 2. The molecule has 1 aliphatic carbocycles. The Balaban J connectivity index is 2.43. The van der Waals surface area contributed by atoms with E-state index >= 15 is 0 Å². The normalized spacial score (nSPS) is 20.0. The number of benzene rings is 1. The van der Waals surface area contributed by atoms with Gasteiger partial charge in [0.2, 0.25) is 0 Å². The van der Waals surface area contributed by atoms with Gasteiger partial charge in [-0.25, -0.2) is 0 Å². The van der Waals surface area contributed by atoms with Gasteiger partial charge in [0.1, 0.15) is 11.5 Å². The Hall–Kier alpha value is -2.63. The summed E-state index contributed by atoms with van der Waals surface area (Å²) < 4.78 is 9.80. The molecule has 1 aromatic carbocycles. The third-order valence-corrected chi connectivity index (χ3v) is 4.25. The maximum Gasteiger partial charge on any atom is 0.305 e. The van der Waals surface area contributed by atoms with Crippen molar-refractivity contribution in [2.45, 2.75) is 39.5 Å². The SMILES string of the molecule is COC(=O)CCC(O)=C1C(=O)CC(C)(C)CC1=Nc1cccc(OC)c1. The smallest absolute Gasteiger partial charge is 0.305 e. The van der Waals surface area contributed by atoms with E-state index in [0.29, 0.717) is 30.0 Å². The summed E-state index contributed by atoms with van der Waals surface area (Å²) in [5, 5.41) is 10.5. The first-order valence-electron chi connectivity index (χ1n) is 8.50. The van der Waals surface area contributed by atoms with Crippen LogP contribution in [0.5, 0.6) is 5.75 Å². The van der Waals surface area contributed by atoms with Crippen molar-refractivity contribution in [2.24, 2.45) is 10.4 Å². The van der Waals surface area contributed by atoms with Gasteiger partial charge in [0.25, 0.3) is 0 Å². The highest BCUT2D eigenvalue weighted by atomic mass is 16.5. The summed E-state index contributed by atoms with van der Waals surface area (Å²) in [6.45, 7) is 3.99. The van der Waals surface area contributed by atoms with E-state index in [1.165, 1.54) is 7.11 Å². The van der Waals surface area contributed by atoms with Crippen molar-refractivity contribution in [3.05, 3.63) is 35.6 Å². The maximum absolute atomic E-state index is 12.6. The van der Waals surface area contributed by atoms with Gasteiger partial charge in [0.05, 0.1) is 37.6 Å². The van der Waals surface area contributed by atoms with Gasteiger partial charge in [0, 0.05) is 18.9 Å². The molecule has 0 bridgehead atoms. The molecule has 1 N–H and O–H groups in total. The molecule has 1 saturated carbocycles. The molecule has 0 atom stereocenters. The number of nitrogens with zero attached hydrogens (tertiary/aromatic N) is 1. The van der Waals surface area contributed by atoms with Crippen molar-refractivity contribution >= 4 is 23.2 Å². The third-order valence-electron chi connectivity index (χ3n) is 4.25. The number of rotatable bonds is 5. The first kappa shape index (κ1) is 19.7. The zero-order valence-corrected chi connectivity index (χ0v) is 15.7. The van der Waals surface area contributed by atoms with E-state index in [-0.39, 0.29) is 35.4 Å². The van der Waals surface area contributed by atoms with Crippen LogP contribution in [0, 0.1) is 5.41 Å². The van der Waals surface area contributed by atoms with Crippen molar-refractivity contribution < 1.29 is 24.2 Å². The van der Waals surface area contributed by atoms with E-state index < -0.39 is 5.97 Å². The second kappa shape index (κ2) is 8.17. The van der Waals surface area contributed by atoms with Crippen LogP contribution in [0.25, 0.3) is 0 Å². The number of hydrogen-bond acceptors (Lipinski definition) is 6. The zero-order chi connectivity index (χ0) is 19.3. The zero-order valence-electron chi connectivity index (χ0n) is 15.7. The van der Waals surface area contributed by atoms with E-state index in [1.807, 2.05) is 32.0 Å². The Morgan fingerprint density at radius 1 is 1.23 bits per heavy atom. The number of carbonyl (C=O) groups is 2. The van der Waals surface area contributed by atoms with E-state index in [9.17, 15) is 14.7 Å². The van der Waals surface area contributed by atoms with Crippen LogP contribution < -0.4 is 4.74 Å². The number of esters is 1. The minimum absolute atomic E-state index is 0.00888. The van der Waals surface area contributed by atoms with Gasteiger partial charge < -0.3 is 14.6 Å². The van der Waals surface area contributed by atoms with Crippen molar-refractivity contribution in [3.63, 3.8) is 0 Å². The number of hydrogen-bond donors (Lipinski definition) is 1. The molecule has 1 aliphatic rings. The summed E-state index contributed by atoms with van der Waals surface area (Å²) in [6, 6.07) is 7.20. The van der Waals surface area contributed by atoms with Crippen LogP contribution in [0.3, 0.4) is 0 Å². The summed E-state index contributed by atoms with van der Waals surface area (Å²) in [7, 11) is 2.86. The monoisotopic (exact) mass is 359 g/mol. The average molecular weight is 359 g/mol. The van der Waals surface area contributed by atoms with Gasteiger partial charge in [-0.05, 0) is 24.0 Å². The van der Waals surface area contributed by atoms with Gasteiger partial charge in [0.15, 0.2) is 5.78 Å². The lowest BCUT2D eigenvalue weighted by Crippen LogP contribution is -2.32. The van der Waals surface area contributed by atoms with Crippen LogP contribution in [-0.4, -0.2) is 36.8 Å². The minimum Gasteiger partial charge on any atom is -0.511 e. The molecule has 0 saturated heterocycles. The molecule has 0 radical (unpaired) electrons. The van der Waals surface area contributed by atoms with Gasteiger partial charge in [-0.3, -0.25) is 14.6 Å². The second-order valence-corrected chi connectivity index (χ2v) is 7.10. The highest BCUT2D eigenvalue weighted by molar-refractivity contribution is 6.25. The molecule has 2 rings (SSSR count). The Morgan fingerprint density at radius 3 is 2.62 bits per heavy atom. The fourth-order valence-electron chi connectivity index (χ4n) is 2.99. The van der Waals surface area contributed by atoms with Crippen LogP contribution in [0.2, 0.25) is 0 Å². The van der Waals surface area contributed by atoms with Gasteiger partial charge >= 0.3 is 5.97 Å². The van der Waals surface area contributed by atoms with Crippen LogP contribution in [-0.2, 0) is 14.3 Å². The van der Waals surface area contributed by atoms with Crippen LogP contribution in [0.15, 0.2) is 40.6 Å². The highest BCUT2D eigenvalue weighted by Gasteiger charge is 2.36. The molecule has 6 heteroatoms. The van der Waals surface area contributed by atoms with Crippen molar-refractivity contribution in [3.8, 4) is 5.75 Å². The molecule has 1 aromatic rings. The minimum atomic E-state index is -0.438. The predicted octanol–water partition coefficient (Wildman–Crippen LogP) is 3.92. The topological polar surface area (TPSA) is 85.2 Å². The van der Waals surface area contributed by atoms with Gasteiger partial charge in [-0.2, -0.15) is 0 Å². The first-order chi connectivity index (χ1) is 12.3. The number of Topliss-reactive ketones (excluding diaryl/α,β-unsaturated/α-hetero) is 1. The summed E-state index contributed by atoms with van der Waals surface area (Å²) >= 11 is 0. The molecule has 0 spiro atoms. The molecule has 0 heterocycles. The van der Waals surface area contributed by atoms with Gasteiger partial charge in [-0.15, -0.1) is 0 Å². The lowest BCUT2D eigenvalue weighted by Gasteiger charge is -2.31. The fourth-order valence-corrected chi connectivity index (χ4v) is 2.99. The largest absolute Gasteiger partial charge is 0.511 e. The Labute approximate surface area is 153 Å². The Morgan fingerprint density at radius 2 is 1.96 bits per heavy atom. The molecule has 0 aliphatic heterocycles. The first-order valence-corrected chi connectivity index (χ1v) is 8.50. The molecule has 0 unspecified atom stereocenters. The number of aliphatic hydroxyl groups excluding tert-OH is 1. The molecule has 26 heavy (non-hydrogen) atoms. The summed E-state index contributed by atoms with van der Waals surface area (Å²) in [5.41, 5.74) is 1.14. The number of aliphatic hydroxyl groups is 1. The van der Waals surface area contributed by atoms with Crippen LogP contribution in [0.4, 0.5) is 5.69 Å². The number of allylic oxidation sites excluding steroid dienone is 2. The fraction of sp³-hybridized carbons (Fsp3) is 0.450. The van der Waals surface area contributed by atoms with E-state index in [2.05, 4.69) is 9.73 Å².